The molecule has 0 saturated carbocycles. The lowest BCUT2D eigenvalue weighted by atomic mass is 10.00. The van der Waals surface area contributed by atoms with E-state index in [1.807, 2.05) is 24.3 Å². The molecule has 35 heavy (non-hydrogen) atoms. The molecule has 186 valence electrons. The standard InChI is InChI=1S/C30H36F2N2O/c1-23(2)15-20-34(29-16-18-33(19-17-29)21-24-3-7-26(31)8-4-24)28-11-13-30(14-12-28)35-22-25-5-9-27(32)10-6-25/h3-14,23,29H,15-22H2,1-2H3. The second-order valence-electron chi connectivity index (χ2n) is 9.92. The van der Waals surface area contributed by atoms with Crippen molar-refractivity contribution in [2.24, 2.45) is 5.92 Å². The molecule has 0 spiro atoms. The lowest BCUT2D eigenvalue weighted by molar-refractivity contribution is 0.200. The minimum absolute atomic E-state index is 0.180. The van der Waals surface area contributed by atoms with Gasteiger partial charge in [0.15, 0.2) is 0 Å². The number of ether oxygens (including phenoxy) is 1. The zero-order chi connectivity index (χ0) is 24.6. The number of rotatable bonds is 10. The molecule has 1 fully saturated rings. The Bertz CT molecular complexity index is 1030. The third kappa shape index (κ3) is 7.53. The molecule has 1 saturated heterocycles. The molecule has 1 heterocycles. The van der Waals surface area contributed by atoms with Crippen LogP contribution < -0.4 is 9.64 Å². The summed E-state index contributed by atoms with van der Waals surface area (Å²) in [5.74, 6) is 1.05. The van der Waals surface area contributed by atoms with E-state index in [9.17, 15) is 8.78 Å². The SMILES string of the molecule is CC(C)CCN(c1ccc(OCc2ccc(F)cc2)cc1)C1CCN(Cc2ccc(F)cc2)CC1. The maximum atomic E-state index is 13.2. The molecule has 0 amide bonds. The van der Waals surface area contributed by atoms with Gasteiger partial charge < -0.3 is 9.64 Å². The van der Waals surface area contributed by atoms with Gasteiger partial charge in [-0.25, -0.2) is 8.78 Å². The highest BCUT2D eigenvalue weighted by atomic mass is 19.1. The summed E-state index contributed by atoms with van der Waals surface area (Å²) in [6.07, 6.45) is 3.38. The van der Waals surface area contributed by atoms with Gasteiger partial charge in [0.1, 0.15) is 24.0 Å². The predicted molar refractivity (Wildman–Crippen MR) is 139 cm³/mol. The Morgan fingerprint density at radius 2 is 1.40 bits per heavy atom. The number of anilines is 1. The molecule has 5 heteroatoms. The van der Waals surface area contributed by atoms with Gasteiger partial charge in [0, 0.05) is 37.9 Å². The van der Waals surface area contributed by atoms with Crippen molar-refractivity contribution in [1.29, 1.82) is 0 Å². The lowest BCUT2D eigenvalue weighted by Gasteiger charge is -2.40. The van der Waals surface area contributed by atoms with Crippen LogP contribution >= 0.6 is 0 Å². The molecular formula is C30H36F2N2O. The van der Waals surface area contributed by atoms with Crippen LogP contribution in [-0.4, -0.2) is 30.6 Å². The van der Waals surface area contributed by atoms with Crippen molar-refractivity contribution in [1.82, 2.24) is 4.90 Å². The summed E-state index contributed by atoms with van der Waals surface area (Å²) < 4.78 is 32.2. The van der Waals surface area contributed by atoms with E-state index in [1.165, 1.54) is 17.8 Å². The average molecular weight is 479 g/mol. The molecular weight excluding hydrogens is 442 g/mol. The van der Waals surface area contributed by atoms with Crippen LogP contribution in [0.3, 0.4) is 0 Å². The fourth-order valence-corrected chi connectivity index (χ4v) is 4.64. The number of piperidine rings is 1. The van der Waals surface area contributed by atoms with Crippen molar-refractivity contribution in [3.63, 3.8) is 0 Å². The zero-order valence-corrected chi connectivity index (χ0v) is 20.8. The van der Waals surface area contributed by atoms with Crippen LogP contribution in [0.5, 0.6) is 5.75 Å². The second kappa shape index (κ2) is 12.2. The van der Waals surface area contributed by atoms with Crippen molar-refractivity contribution in [3.8, 4) is 5.75 Å². The summed E-state index contributed by atoms with van der Waals surface area (Å²) in [5.41, 5.74) is 3.34. The third-order valence-electron chi connectivity index (χ3n) is 6.75. The molecule has 0 radical (unpaired) electrons. The first-order chi connectivity index (χ1) is 17.0. The molecule has 3 nitrogen and oxygen atoms in total. The molecule has 0 atom stereocenters. The van der Waals surface area contributed by atoms with Gasteiger partial charge >= 0.3 is 0 Å². The highest BCUT2D eigenvalue weighted by Crippen LogP contribution is 2.27. The van der Waals surface area contributed by atoms with Crippen LogP contribution in [-0.2, 0) is 13.2 Å². The maximum Gasteiger partial charge on any atom is 0.123 e. The summed E-state index contributed by atoms with van der Waals surface area (Å²) in [5, 5.41) is 0. The molecule has 1 aliphatic heterocycles. The molecule has 3 aromatic rings. The highest BCUT2D eigenvalue weighted by Gasteiger charge is 2.25. The number of nitrogens with zero attached hydrogens (tertiary/aromatic N) is 2. The molecule has 4 rings (SSSR count). The van der Waals surface area contributed by atoms with Crippen molar-refractivity contribution < 1.29 is 13.5 Å². The fourth-order valence-electron chi connectivity index (χ4n) is 4.64. The molecule has 0 bridgehead atoms. The normalized spacial score (nSPS) is 14.9. The number of hydrogen-bond donors (Lipinski definition) is 0. The van der Waals surface area contributed by atoms with E-state index in [2.05, 4.69) is 35.8 Å². The van der Waals surface area contributed by atoms with Gasteiger partial charge in [-0.15, -0.1) is 0 Å². The van der Waals surface area contributed by atoms with Crippen molar-refractivity contribution in [3.05, 3.63) is 95.6 Å². The van der Waals surface area contributed by atoms with Crippen LogP contribution in [0.2, 0.25) is 0 Å². The quantitative estimate of drug-likeness (QED) is 0.310. The van der Waals surface area contributed by atoms with E-state index in [4.69, 9.17) is 4.74 Å². The molecule has 0 unspecified atom stereocenters. The van der Waals surface area contributed by atoms with Gasteiger partial charge in [-0.1, -0.05) is 38.1 Å². The van der Waals surface area contributed by atoms with Gasteiger partial charge in [-0.2, -0.15) is 0 Å². The average Bonchev–Trinajstić information content (AvgIpc) is 2.87. The fraction of sp³-hybridized carbons (Fsp3) is 0.400. The van der Waals surface area contributed by atoms with Crippen LogP contribution in [0, 0.1) is 17.6 Å². The number of benzene rings is 3. The van der Waals surface area contributed by atoms with Crippen molar-refractivity contribution >= 4 is 5.69 Å². The largest absolute Gasteiger partial charge is 0.489 e. The second-order valence-corrected chi connectivity index (χ2v) is 9.92. The third-order valence-corrected chi connectivity index (χ3v) is 6.75. The maximum absolute atomic E-state index is 13.2. The smallest absolute Gasteiger partial charge is 0.123 e. The monoisotopic (exact) mass is 478 g/mol. The minimum atomic E-state index is -0.235. The lowest BCUT2D eigenvalue weighted by Crippen LogP contribution is -2.45. The first kappa shape index (κ1) is 25.2. The molecule has 0 aliphatic carbocycles. The summed E-state index contributed by atoms with van der Waals surface area (Å²) in [4.78, 5) is 5.04. The van der Waals surface area contributed by atoms with Gasteiger partial charge in [0.05, 0.1) is 0 Å². The Kier molecular flexibility index (Phi) is 8.75. The summed E-state index contributed by atoms with van der Waals surface area (Å²) in [7, 11) is 0. The molecule has 3 aromatic carbocycles. The number of likely N-dealkylation sites (tertiary alicyclic amines) is 1. The Labute approximate surface area is 208 Å². The van der Waals surface area contributed by atoms with Gasteiger partial charge in [0.2, 0.25) is 0 Å². The summed E-state index contributed by atoms with van der Waals surface area (Å²) in [6, 6.07) is 22.2. The Hall–Kier alpha value is -2.92. The Morgan fingerprint density at radius 3 is 1.97 bits per heavy atom. The zero-order valence-electron chi connectivity index (χ0n) is 20.8. The van der Waals surface area contributed by atoms with E-state index < -0.39 is 0 Å². The minimum Gasteiger partial charge on any atom is -0.489 e. The molecule has 1 aliphatic rings. The molecule has 0 aromatic heterocycles. The topological polar surface area (TPSA) is 15.7 Å². The first-order valence-corrected chi connectivity index (χ1v) is 12.7. The van der Waals surface area contributed by atoms with Crippen LogP contribution in [0.4, 0.5) is 14.5 Å². The van der Waals surface area contributed by atoms with E-state index >= 15 is 0 Å². The van der Waals surface area contributed by atoms with Crippen molar-refractivity contribution in [2.45, 2.75) is 52.3 Å². The first-order valence-electron chi connectivity index (χ1n) is 12.7. The van der Waals surface area contributed by atoms with Gasteiger partial charge in [0.25, 0.3) is 0 Å². The number of hydrogen-bond acceptors (Lipinski definition) is 3. The Balaban J connectivity index is 1.35. The van der Waals surface area contributed by atoms with Gasteiger partial charge in [-0.3, -0.25) is 4.90 Å². The van der Waals surface area contributed by atoms with Crippen LogP contribution in [0.15, 0.2) is 72.8 Å². The molecule has 0 N–H and O–H groups in total. The predicted octanol–water partition coefficient (Wildman–Crippen LogP) is 7.06. The van der Waals surface area contributed by atoms with E-state index in [0.717, 1.165) is 62.3 Å². The Morgan fingerprint density at radius 1 is 0.829 bits per heavy atom. The van der Waals surface area contributed by atoms with Crippen LogP contribution in [0.25, 0.3) is 0 Å². The summed E-state index contributed by atoms with van der Waals surface area (Å²) in [6.45, 7) is 8.96. The summed E-state index contributed by atoms with van der Waals surface area (Å²) >= 11 is 0. The van der Waals surface area contributed by atoms with Gasteiger partial charge in [-0.05, 0) is 84.8 Å². The van der Waals surface area contributed by atoms with Crippen molar-refractivity contribution in [2.75, 3.05) is 24.5 Å². The number of halogens is 2. The highest BCUT2D eigenvalue weighted by molar-refractivity contribution is 5.50. The van der Waals surface area contributed by atoms with E-state index in [-0.39, 0.29) is 11.6 Å². The van der Waals surface area contributed by atoms with E-state index in [0.29, 0.717) is 18.6 Å². The van der Waals surface area contributed by atoms with Crippen LogP contribution in [0.1, 0.15) is 44.2 Å². The van der Waals surface area contributed by atoms with E-state index in [1.54, 1.807) is 24.3 Å².